The zero-order valence-corrected chi connectivity index (χ0v) is 25.0. The molecule has 256 valence electrons. The molecule has 1 amide bonds. The molecule has 16 nitrogen and oxygen atoms in total. The molecule has 16 heteroatoms. The van der Waals surface area contributed by atoms with Gasteiger partial charge in [0.1, 0.15) is 48.8 Å². The van der Waals surface area contributed by atoms with Crippen molar-refractivity contribution < 1.29 is 74.1 Å². The van der Waals surface area contributed by atoms with Gasteiger partial charge in [-0.1, -0.05) is 25.7 Å². The predicted molar refractivity (Wildman–Crippen MR) is 152 cm³/mol. The molecule has 3 rings (SSSR count). The van der Waals surface area contributed by atoms with Gasteiger partial charge in [0.2, 0.25) is 0 Å². The Morgan fingerprint density at radius 1 is 0.800 bits per heavy atom. The molecule has 9 N–H and O–H groups in total. The standard InChI is InChI=1S/C29H45NO15/c1-41-20(35)8-6-4-2-3-5-7-11-42-28-21(30-27(40)15-9-10-16(33)17(34)12-15)23(37)26(19(14-32)44-28)45-29-25(39)24(38)22(36)18(13-31)43-29/h9-10,12,18-19,21-26,28-29,31-34,36-39H,2-8,11,13-14H2,1H3,(H,30,40)/t18?,19?,21?,22-,23?,24?,25?,26+,28+,29?/m0/s1. The molecular formula is C29H45NO15. The lowest BCUT2D eigenvalue weighted by Crippen LogP contribution is -2.67. The van der Waals surface area contributed by atoms with Crippen molar-refractivity contribution in [3.05, 3.63) is 23.8 Å². The Morgan fingerprint density at radius 3 is 2.09 bits per heavy atom. The summed E-state index contributed by atoms with van der Waals surface area (Å²) in [6.45, 7) is -1.26. The molecule has 2 fully saturated rings. The number of esters is 1. The molecule has 0 spiro atoms. The highest BCUT2D eigenvalue weighted by Gasteiger charge is 2.51. The van der Waals surface area contributed by atoms with Crippen LogP contribution in [0.3, 0.4) is 0 Å². The first-order valence-corrected chi connectivity index (χ1v) is 14.9. The largest absolute Gasteiger partial charge is 0.504 e. The number of phenolic OH excluding ortho intramolecular Hbond substituents is 2. The zero-order valence-electron chi connectivity index (χ0n) is 25.0. The molecule has 2 saturated heterocycles. The van der Waals surface area contributed by atoms with Gasteiger partial charge in [-0.3, -0.25) is 9.59 Å². The molecule has 2 aliphatic rings. The minimum absolute atomic E-state index is 0.0702. The molecule has 2 heterocycles. The second kappa shape index (κ2) is 17.9. The fourth-order valence-electron chi connectivity index (χ4n) is 5.15. The maximum atomic E-state index is 13.1. The van der Waals surface area contributed by atoms with Gasteiger partial charge in [-0.15, -0.1) is 0 Å². The number of ether oxygens (including phenoxy) is 5. The maximum Gasteiger partial charge on any atom is 0.305 e. The third kappa shape index (κ3) is 9.92. The van der Waals surface area contributed by atoms with E-state index in [0.717, 1.165) is 44.2 Å². The van der Waals surface area contributed by atoms with E-state index in [2.05, 4.69) is 10.1 Å². The summed E-state index contributed by atoms with van der Waals surface area (Å²) in [6.07, 6.45) is -8.78. The van der Waals surface area contributed by atoms with Crippen molar-refractivity contribution in [2.75, 3.05) is 26.9 Å². The normalized spacial score (nSPS) is 31.8. The van der Waals surface area contributed by atoms with Crippen LogP contribution < -0.4 is 5.32 Å². The summed E-state index contributed by atoms with van der Waals surface area (Å²) in [6, 6.07) is 2.03. The minimum Gasteiger partial charge on any atom is -0.504 e. The molecule has 45 heavy (non-hydrogen) atoms. The zero-order chi connectivity index (χ0) is 33.1. The van der Waals surface area contributed by atoms with E-state index < -0.39 is 92.0 Å². The fourth-order valence-corrected chi connectivity index (χ4v) is 5.15. The molecule has 0 bridgehead atoms. The smallest absolute Gasteiger partial charge is 0.305 e. The molecule has 1 aromatic rings. The average molecular weight is 648 g/mol. The van der Waals surface area contributed by atoms with Crippen molar-refractivity contribution in [1.82, 2.24) is 5.32 Å². The van der Waals surface area contributed by atoms with Gasteiger partial charge in [-0.25, -0.2) is 0 Å². The number of aliphatic hydroxyl groups excluding tert-OH is 6. The van der Waals surface area contributed by atoms with E-state index in [1.807, 2.05) is 0 Å². The van der Waals surface area contributed by atoms with Crippen LogP contribution in [0.2, 0.25) is 0 Å². The van der Waals surface area contributed by atoms with Crippen molar-refractivity contribution in [2.24, 2.45) is 0 Å². The lowest BCUT2D eigenvalue weighted by Gasteiger charge is -2.47. The number of carbonyl (C=O) groups excluding carboxylic acids is 2. The van der Waals surface area contributed by atoms with Gasteiger partial charge in [-0.2, -0.15) is 0 Å². The van der Waals surface area contributed by atoms with E-state index in [1.165, 1.54) is 13.2 Å². The summed E-state index contributed by atoms with van der Waals surface area (Å²) in [5.41, 5.74) is -0.0702. The van der Waals surface area contributed by atoms with Gasteiger partial charge in [0.25, 0.3) is 5.91 Å². The number of amides is 1. The number of benzene rings is 1. The predicted octanol–water partition coefficient (Wildman–Crippen LogP) is -1.62. The Labute approximate surface area is 260 Å². The van der Waals surface area contributed by atoms with Crippen LogP contribution in [0.25, 0.3) is 0 Å². The Bertz CT molecular complexity index is 1070. The van der Waals surface area contributed by atoms with Crippen molar-refractivity contribution in [2.45, 2.75) is 106 Å². The number of phenols is 2. The van der Waals surface area contributed by atoms with E-state index in [1.54, 1.807) is 0 Å². The summed E-state index contributed by atoms with van der Waals surface area (Å²) in [4.78, 5) is 24.3. The second-order valence-corrected chi connectivity index (χ2v) is 11.0. The van der Waals surface area contributed by atoms with E-state index in [4.69, 9.17) is 18.9 Å². The van der Waals surface area contributed by atoms with Crippen LogP contribution in [0.5, 0.6) is 11.5 Å². The Hall–Kier alpha value is -2.64. The monoisotopic (exact) mass is 647 g/mol. The van der Waals surface area contributed by atoms with Crippen LogP contribution in [0, 0.1) is 0 Å². The number of methoxy groups -OCH3 is 1. The van der Waals surface area contributed by atoms with Gasteiger partial charge < -0.3 is 69.9 Å². The highest BCUT2D eigenvalue weighted by Crippen LogP contribution is 2.30. The topological polar surface area (TPSA) is 254 Å². The van der Waals surface area contributed by atoms with Crippen LogP contribution in [0.1, 0.15) is 55.3 Å². The first-order chi connectivity index (χ1) is 21.5. The number of aromatic hydroxyl groups is 2. The van der Waals surface area contributed by atoms with Crippen LogP contribution >= 0.6 is 0 Å². The Morgan fingerprint density at radius 2 is 1.44 bits per heavy atom. The number of aliphatic hydroxyl groups is 6. The summed E-state index contributed by atoms with van der Waals surface area (Å²) in [5.74, 6) is -2.03. The molecular weight excluding hydrogens is 602 g/mol. The van der Waals surface area contributed by atoms with Crippen LogP contribution in [-0.2, 0) is 28.5 Å². The fraction of sp³-hybridized carbons (Fsp3) is 0.724. The molecule has 0 radical (unpaired) electrons. The van der Waals surface area contributed by atoms with E-state index in [-0.39, 0.29) is 18.1 Å². The third-order valence-electron chi connectivity index (χ3n) is 7.81. The van der Waals surface area contributed by atoms with Crippen molar-refractivity contribution in [1.29, 1.82) is 0 Å². The Kier molecular flexibility index (Phi) is 14.6. The SMILES string of the molecule is COC(=O)CCCCCCCCO[C@@H]1OC(CO)[C@@H](OC2OC(CO)[C@H](O)C(O)C2O)C(O)C1NC(=O)c1ccc(O)c(O)c1. The average Bonchev–Trinajstić information content (AvgIpc) is 3.03. The molecule has 0 saturated carbocycles. The molecule has 0 aromatic heterocycles. The van der Waals surface area contributed by atoms with Gasteiger partial charge in [0.15, 0.2) is 24.1 Å². The number of hydrogen-bond donors (Lipinski definition) is 9. The Balaban J connectivity index is 1.68. The lowest BCUT2D eigenvalue weighted by molar-refractivity contribution is -0.348. The quantitative estimate of drug-likeness (QED) is 0.0555. The highest BCUT2D eigenvalue weighted by molar-refractivity contribution is 5.95. The molecule has 0 aliphatic carbocycles. The number of carbonyl (C=O) groups is 2. The summed E-state index contributed by atoms with van der Waals surface area (Å²) < 4.78 is 27.5. The van der Waals surface area contributed by atoms with Crippen LogP contribution in [0.15, 0.2) is 18.2 Å². The second-order valence-electron chi connectivity index (χ2n) is 11.0. The van der Waals surface area contributed by atoms with Crippen molar-refractivity contribution in [3.8, 4) is 11.5 Å². The van der Waals surface area contributed by atoms with Gasteiger partial charge >= 0.3 is 5.97 Å². The first kappa shape index (κ1) is 36.8. The molecule has 2 aliphatic heterocycles. The summed E-state index contributed by atoms with van der Waals surface area (Å²) in [5, 5.41) is 83.7. The summed E-state index contributed by atoms with van der Waals surface area (Å²) in [7, 11) is 1.35. The van der Waals surface area contributed by atoms with Crippen LogP contribution in [-0.4, -0.2) is 141 Å². The van der Waals surface area contributed by atoms with Gasteiger partial charge in [0.05, 0.1) is 20.3 Å². The number of hydrogen-bond acceptors (Lipinski definition) is 15. The molecule has 7 unspecified atom stereocenters. The highest BCUT2D eigenvalue weighted by atomic mass is 16.7. The van der Waals surface area contributed by atoms with Gasteiger partial charge in [0, 0.05) is 18.6 Å². The van der Waals surface area contributed by atoms with Crippen molar-refractivity contribution >= 4 is 11.9 Å². The molecule has 10 atom stereocenters. The van der Waals surface area contributed by atoms with E-state index in [9.17, 15) is 50.4 Å². The van der Waals surface area contributed by atoms with Gasteiger partial charge in [-0.05, 0) is 31.0 Å². The number of nitrogens with one attached hydrogen (secondary N) is 1. The van der Waals surface area contributed by atoms with Crippen molar-refractivity contribution in [3.63, 3.8) is 0 Å². The van der Waals surface area contributed by atoms with Crippen LogP contribution in [0.4, 0.5) is 0 Å². The third-order valence-corrected chi connectivity index (χ3v) is 7.81. The maximum absolute atomic E-state index is 13.1. The number of unbranched alkanes of at least 4 members (excludes halogenated alkanes) is 5. The number of rotatable bonds is 16. The van der Waals surface area contributed by atoms with E-state index in [0.29, 0.717) is 12.8 Å². The molecule has 1 aromatic carbocycles. The van der Waals surface area contributed by atoms with E-state index >= 15 is 0 Å². The lowest BCUT2D eigenvalue weighted by atomic mass is 9.95. The summed E-state index contributed by atoms with van der Waals surface area (Å²) >= 11 is 0. The minimum atomic E-state index is -1.81. The first-order valence-electron chi connectivity index (χ1n) is 14.9.